The summed E-state index contributed by atoms with van der Waals surface area (Å²) in [5.74, 6) is 0.534. The predicted octanol–water partition coefficient (Wildman–Crippen LogP) is 2.73. The van der Waals surface area contributed by atoms with E-state index < -0.39 is 12.0 Å². The van der Waals surface area contributed by atoms with Gasteiger partial charge in [-0.05, 0) is 52.3 Å². The number of likely N-dealkylation sites (N-methyl/N-ethyl adjacent to an activating group) is 1. The molecule has 38 heavy (non-hydrogen) atoms. The lowest BCUT2D eigenvalue weighted by Crippen LogP contribution is -2.59. The minimum atomic E-state index is -0.733. The van der Waals surface area contributed by atoms with Gasteiger partial charge in [-0.2, -0.15) is 0 Å². The molecular formula is C27H41N5O6. The van der Waals surface area contributed by atoms with Gasteiger partial charge in [-0.3, -0.25) is 9.80 Å². The molecule has 2 aliphatic heterocycles. The lowest BCUT2D eigenvalue weighted by atomic mass is 9.93. The third kappa shape index (κ3) is 6.50. The SMILES string of the molecule is CCOC(=O)C1=C(CN2CCN(C(=O)NC(C)(C)C)[C@@H](C)C2)N(C)C(=O)N[C@H]1c1ccc(OC)c(OC)c1. The summed E-state index contributed by atoms with van der Waals surface area (Å²) < 4.78 is 16.2. The van der Waals surface area contributed by atoms with Gasteiger partial charge in [-0.25, -0.2) is 14.4 Å². The molecule has 210 valence electrons. The average molecular weight is 532 g/mol. The van der Waals surface area contributed by atoms with Gasteiger partial charge in [-0.15, -0.1) is 0 Å². The van der Waals surface area contributed by atoms with Crippen LogP contribution >= 0.6 is 0 Å². The van der Waals surface area contributed by atoms with E-state index in [2.05, 4.69) is 15.5 Å². The van der Waals surface area contributed by atoms with Crippen molar-refractivity contribution in [2.24, 2.45) is 0 Å². The number of carbonyl (C=O) groups is 3. The van der Waals surface area contributed by atoms with Crippen molar-refractivity contribution in [2.45, 2.75) is 52.2 Å². The molecule has 2 atom stereocenters. The van der Waals surface area contributed by atoms with E-state index >= 15 is 0 Å². The van der Waals surface area contributed by atoms with E-state index in [0.717, 1.165) is 0 Å². The van der Waals surface area contributed by atoms with Gasteiger partial charge >= 0.3 is 18.0 Å². The Kier molecular flexibility index (Phi) is 9.14. The fourth-order valence-electron chi connectivity index (χ4n) is 4.76. The minimum absolute atomic E-state index is 0.0536. The Bertz CT molecular complexity index is 1080. The molecule has 0 saturated carbocycles. The summed E-state index contributed by atoms with van der Waals surface area (Å²) in [6.07, 6.45) is 0. The Hall–Kier alpha value is -3.47. The molecule has 1 saturated heterocycles. The summed E-state index contributed by atoms with van der Waals surface area (Å²) in [4.78, 5) is 44.6. The monoisotopic (exact) mass is 531 g/mol. The minimum Gasteiger partial charge on any atom is -0.493 e. The molecule has 0 aromatic heterocycles. The number of ether oxygens (including phenoxy) is 3. The summed E-state index contributed by atoms with van der Waals surface area (Å²) in [6.45, 7) is 11.9. The molecule has 4 amide bonds. The lowest BCUT2D eigenvalue weighted by Gasteiger charge is -2.43. The molecule has 0 aliphatic carbocycles. The van der Waals surface area contributed by atoms with Gasteiger partial charge in [0.05, 0.1) is 32.4 Å². The van der Waals surface area contributed by atoms with E-state index in [-0.39, 0.29) is 30.2 Å². The normalized spacial score (nSPS) is 20.7. The highest BCUT2D eigenvalue weighted by Gasteiger charge is 2.39. The van der Waals surface area contributed by atoms with Gasteiger partial charge in [0.1, 0.15) is 0 Å². The van der Waals surface area contributed by atoms with Crippen molar-refractivity contribution in [3.8, 4) is 11.5 Å². The van der Waals surface area contributed by atoms with E-state index in [1.54, 1.807) is 39.3 Å². The number of urea groups is 2. The number of methoxy groups -OCH3 is 2. The molecule has 11 nitrogen and oxygen atoms in total. The van der Waals surface area contributed by atoms with Crippen LogP contribution in [0.1, 0.15) is 46.2 Å². The molecule has 1 aromatic carbocycles. The Morgan fingerprint density at radius 1 is 1.13 bits per heavy atom. The molecular weight excluding hydrogens is 490 g/mol. The van der Waals surface area contributed by atoms with Crippen LogP contribution in [0, 0.1) is 0 Å². The number of carbonyl (C=O) groups excluding carboxylic acids is 3. The van der Waals surface area contributed by atoms with Crippen molar-refractivity contribution in [3.63, 3.8) is 0 Å². The van der Waals surface area contributed by atoms with Gasteiger partial charge < -0.3 is 29.7 Å². The Labute approximate surface area is 225 Å². The molecule has 0 unspecified atom stereocenters. The highest BCUT2D eigenvalue weighted by molar-refractivity contribution is 5.95. The molecule has 0 radical (unpaired) electrons. The van der Waals surface area contributed by atoms with Crippen LogP contribution in [-0.2, 0) is 9.53 Å². The van der Waals surface area contributed by atoms with Crippen molar-refractivity contribution in [1.29, 1.82) is 0 Å². The van der Waals surface area contributed by atoms with Crippen molar-refractivity contribution in [1.82, 2.24) is 25.3 Å². The standard InChI is InChI=1S/C27H41N5O6/c1-9-38-24(33)22-19(16-31-12-13-32(17(2)15-31)26(35)29-27(3,4)5)30(6)25(34)28-23(22)18-10-11-20(36-7)21(14-18)37-8/h10-11,14,17,23H,9,12-13,15-16H2,1-8H3,(H,28,34)(H,29,35)/t17-,23-/m0/s1. The van der Waals surface area contributed by atoms with Crippen molar-refractivity contribution in [3.05, 3.63) is 35.0 Å². The maximum atomic E-state index is 13.3. The maximum Gasteiger partial charge on any atom is 0.338 e. The predicted molar refractivity (Wildman–Crippen MR) is 143 cm³/mol. The van der Waals surface area contributed by atoms with E-state index in [1.165, 1.54) is 12.0 Å². The van der Waals surface area contributed by atoms with Gasteiger partial charge in [-0.1, -0.05) is 6.07 Å². The van der Waals surface area contributed by atoms with Gasteiger partial charge in [0.25, 0.3) is 0 Å². The van der Waals surface area contributed by atoms with Crippen LogP contribution in [0.4, 0.5) is 9.59 Å². The number of hydrogen-bond acceptors (Lipinski definition) is 7. The second kappa shape index (κ2) is 11.9. The Morgan fingerprint density at radius 3 is 2.39 bits per heavy atom. The van der Waals surface area contributed by atoms with Crippen molar-refractivity contribution in [2.75, 3.05) is 54.1 Å². The van der Waals surface area contributed by atoms with E-state index in [9.17, 15) is 14.4 Å². The Morgan fingerprint density at radius 2 is 1.82 bits per heavy atom. The van der Waals surface area contributed by atoms with Gasteiger partial charge in [0, 0.05) is 50.5 Å². The molecule has 3 rings (SSSR count). The number of hydrogen-bond donors (Lipinski definition) is 2. The number of benzene rings is 1. The van der Waals surface area contributed by atoms with Crippen LogP contribution in [0.5, 0.6) is 11.5 Å². The lowest BCUT2D eigenvalue weighted by molar-refractivity contribution is -0.139. The average Bonchev–Trinajstić information content (AvgIpc) is 2.85. The summed E-state index contributed by atoms with van der Waals surface area (Å²) in [5.41, 5.74) is 1.26. The second-order valence-corrected chi connectivity index (χ2v) is 10.6. The number of amides is 4. The topological polar surface area (TPSA) is 113 Å². The van der Waals surface area contributed by atoms with E-state index in [0.29, 0.717) is 54.5 Å². The molecule has 0 spiro atoms. The van der Waals surface area contributed by atoms with E-state index in [1.807, 2.05) is 32.6 Å². The van der Waals surface area contributed by atoms with Crippen LogP contribution < -0.4 is 20.1 Å². The third-order valence-electron chi connectivity index (χ3n) is 6.64. The van der Waals surface area contributed by atoms with Crippen LogP contribution in [0.15, 0.2) is 29.5 Å². The number of piperazine rings is 1. The zero-order valence-electron chi connectivity index (χ0n) is 23.7. The number of nitrogens with one attached hydrogen (secondary N) is 2. The smallest absolute Gasteiger partial charge is 0.338 e. The summed E-state index contributed by atoms with van der Waals surface area (Å²) in [5, 5.41) is 5.96. The van der Waals surface area contributed by atoms with Crippen LogP contribution in [0.3, 0.4) is 0 Å². The van der Waals surface area contributed by atoms with Gasteiger partial charge in [0.2, 0.25) is 0 Å². The van der Waals surface area contributed by atoms with Crippen molar-refractivity contribution < 1.29 is 28.6 Å². The summed E-state index contributed by atoms with van der Waals surface area (Å²) in [7, 11) is 4.72. The quantitative estimate of drug-likeness (QED) is 0.520. The van der Waals surface area contributed by atoms with E-state index in [4.69, 9.17) is 14.2 Å². The molecule has 2 heterocycles. The molecule has 0 bridgehead atoms. The molecule has 11 heteroatoms. The third-order valence-corrected chi connectivity index (χ3v) is 6.64. The number of rotatable bonds is 7. The first-order valence-corrected chi connectivity index (χ1v) is 12.9. The van der Waals surface area contributed by atoms with Crippen LogP contribution in [-0.4, -0.2) is 98.4 Å². The first-order valence-electron chi connectivity index (χ1n) is 12.9. The zero-order valence-corrected chi connectivity index (χ0v) is 23.7. The first kappa shape index (κ1) is 29.1. The highest BCUT2D eigenvalue weighted by atomic mass is 16.5. The second-order valence-electron chi connectivity index (χ2n) is 10.6. The van der Waals surface area contributed by atoms with Gasteiger partial charge in [0.15, 0.2) is 11.5 Å². The summed E-state index contributed by atoms with van der Waals surface area (Å²) in [6, 6.07) is 4.07. The molecule has 1 fully saturated rings. The Balaban J connectivity index is 1.94. The molecule has 1 aromatic rings. The summed E-state index contributed by atoms with van der Waals surface area (Å²) >= 11 is 0. The fraction of sp³-hybridized carbons (Fsp3) is 0.593. The zero-order chi connectivity index (χ0) is 28.2. The first-order chi connectivity index (χ1) is 17.9. The van der Waals surface area contributed by atoms with Crippen LogP contribution in [0.25, 0.3) is 0 Å². The van der Waals surface area contributed by atoms with Crippen LogP contribution in [0.2, 0.25) is 0 Å². The highest BCUT2D eigenvalue weighted by Crippen LogP contribution is 2.36. The largest absolute Gasteiger partial charge is 0.493 e. The van der Waals surface area contributed by atoms with Crippen molar-refractivity contribution >= 4 is 18.0 Å². The fourth-order valence-corrected chi connectivity index (χ4v) is 4.76. The molecule has 2 N–H and O–H groups in total. The maximum absolute atomic E-state index is 13.3. The molecule has 2 aliphatic rings. The number of nitrogens with zero attached hydrogens (tertiary/aromatic N) is 3. The number of esters is 1.